The normalized spacial score (nSPS) is 11.5. The lowest BCUT2D eigenvalue weighted by molar-refractivity contribution is -0.110. The second-order valence-corrected chi connectivity index (χ2v) is 7.42. The van der Waals surface area contributed by atoms with Crippen LogP contribution in [0.1, 0.15) is 11.3 Å². The summed E-state index contributed by atoms with van der Waals surface area (Å²) in [6.45, 7) is 0. The van der Waals surface area contributed by atoms with Gasteiger partial charge in [-0.3, -0.25) is 9.20 Å². The van der Waals surface area contributed by atoms with E-state index in [9.17, 15) is 13.6 Å². The molecule has 0 amide bonds. The van der Waals surface area contributed by atoms with Gasteiger partial charge < -0.3 is 14.2 Å². The molecule has 178 valence electrons. The Morgan fingerprint density at radius 1 is 0.886 bits per heavy atom. The number of carbonyl (C=O) groups excluding carboxylic acids is 1. The zero-order valence-corrected chi connectivity index (χ0v) is 19.3. The summed E-state index contributed by atoms with van der Waals surface area (Å²) in [5.41, 5.74) is 2.83. The molecule has 0 aliphatic heterocycles. The number of fused-ring (bicyclic) bond motifs is 1. The van der Waals surface area contributed by atoms with Gasteiger partial charge in [-0.25, -0.2) is 13.8 Å². The first-order valence-electron chi connectivity index (χ1n) is 10.6. The van der Waals surface area contributed by atoms with E-state index in [-0.39, 0.29) is 5.78 Å². The van der Waals surface area contributed by atoms with Gasteiger partial charge in [0.05, 0.1) is 38.3 Å². The zero-order valence-electron chi connectivity index (χ0n) is 19.3. The molecule has 2 aromatic carbocycles. The Morgan fingerprint density at radius 3 is 2.26 bits per heavy atom. The number of benzene rings is 2. The van der Waals surface area contributed by atoms with Crippen LogP contribution in [0.25, 0.3) is 29.1 Å². The number of rotatable bonds is 8. The van der Waals surface area contributed by atoms with Gasteiger partial charge >= 0.3 is 0 Å². The van der Waals surface area contributed by atoms with Gasteiger partial charge in [0.2, 0.25) is 0 Å². The number of hydrogen-bond acceptors (Lipinski definition) is 5. The van der Waals surface area contributed by atoms with Crippen molar-refractivity contribution in [3.05, 3.63) is 89.8 Å². The Bertz CT molecular complexity index is 1430. The second-order valence-electron chi connectivity index (χ2n) is 7.42. The van der Waals surface area contributed by atoms with Crippen LogP contribution in [-0.2, 0) is 4.79 Å². The molecule has 0 fully saturated rings. The number of ether oxygens (including phenoxy) is 3. The number of imidazole rings is 1. The molecule has 0 bridgehead atoms. The summed E-state index contributed by atoms with van der Waals surface area (Å²) >= 11 is 0. The van der Waals surface area contributed by atoms with Crippen molar-refractivity contribution in [2.75, 3.05) is 21.3 Å². The van der Waals surface area contributed by atoms with Gasteiger partial charge in [0.15, 0.2) is 17.4 Å². The minimum Gasteiger partial charge on any atom is -0.496 e. The Balaban J connectivity index is 1.76. The number of halogens is 2. The fourth-order valence-corrected chi connectivity index (χ4v) is 3.63. The number of pyridine rings is 1. The van der Waals surface area contributed by atoms with Gasteiger partial charge in [-0.2, -0.15) is 0 Å². The second kappa shape index (κ2) is 10.2. The molecule has 0 saturated heterocycles. The third kappa shape index (κ3) is 4.91. The number of hydrogen-bond donors (Lipinski definition) is 0. The van der Waals surface area contributed by atoms with Crippen LogP contribution < -0.4 is 14.2 Å². The summed E-state index contributed by atoms with van der Waals surface area (Å²) in [7, 11) is 4.64. The maximum absolute atomic E-state index is 13.4. The fourth-order valence-electron chi connectivity index (χ4n) is 3.63. The van der Waals surface area contributed by atoms with Crippen molar-refractivity contribution in [1.82, 2.24) is 9.38 Å². The van der Waals surface area contributed by atoms with Crippen LogP contribution >= 0.6 is 0 Å². The Morgan fingerprint density at radius 2 is 1.60 bits per heavy atom. The molecule has 2 aromatic heterocycles. The molecule has 0 N–H and O–H groups in total. The summed E-state index contributed by atoms with van der Waals surface area (Å²) in [4.78, 5) is 17.2. The average Bonchev–Trinajstić information content (AvgIpc) is 3.25. The number of carbonyl (C=O) groups is 1. The van der Waals surface area contributed by atoms with Crippen LogP contribution in [-0.4, -0.2) is 36.5 Å². The van der Waals surface area contributed by atoms with E-state index in [1.807, 2.05) is 28.8 Å². The SMILES string of the molecule is COc1cc(OC)c(-c2c(/C=C/C(=O)/C=C/c3ccc(F)c(F)c3)nc3ccccn23)c(OC)c1. The highest BCUT2D eigenvalue weighted by molar-refractivity contribution is 6.05. The highest BCUT2D eigenvalue weighted by Gasteiger charge is 2.22. The van der Waals surface area contributed by atoms with E-state index in [0.29, 0.717) is 45.4 Å². The molecule has 4 rings (SSSR count). The lowest BCUT2D eigenvalue weighted by Crippen LogP contribution is -1.98. The van der Waals surface area contributed by atoms with Gasteiger partial charge in [0, 0.05) is 18.3 Å². The molecule has 0 aliphatic carbocycles. The first kappa shape index (κ1) is 23.7. The minimum absolute atomic E-state index is 0.355. The molecular weight excluding hydrogens is 454 g/mol. The number of aromatic nitrogens is 2. The molecule has 0 atom stereocenters. The number of nitrogens with zero attached hydrogens (tertiary/aromatic N) is 2. The predicted molar refractivity (Wildman–Crippen MR) is 130 cm³/mol. The minimum atomic E-state index is -0.980. The number of ketones is 1. The predicted octanol–water partition coefficient (Wildman–Crippen LogP) is 5.60. The van der Waals surface area contributed by atoms with Crippen LogP contribution in [0.2, 0.25) is 0 Å². The summed E-state index contributed by atoms with van der Waals surface area (Å²) in [5, 5.41) is 0. The van der Waals surface area contributed by atoms with Gasteiger partial charge in [0.25, 0.3) is 0 Å². The van der Waals surface area contributed by atoms with E-state index in [1.54, 1.807) is 39.5 Å². The van der Waals surface area contributed by atoms with Gasteiger partial charge in [0.1, 0.15) is 22.9 Å². The molecule has 0 radical (unpaired) electrons. The maximum Gasteiger partial charge on any atom is 0.178 e. The monoisotopic (exact) mass is 476 g/mol. The van der Waals surface area contributed by atoms with Gasteiger partial charge in [-0.15, -0.1) is 0 Å². The Kier molecular flexibility index (Phi) is 6.91. The van der Waals surface area contributed by atoms with Crippen LogP contribution in [0.3, 0.4) is 0 Å². The number of methoxy groups -OCH3 is 3. The van der Waals surface area contributed by atoms with Crippen molar-refractivity contribution in [3.8, 4) is 28.5 Å². The van der Waals surface area contributed by atoms with Crippen LogP contribution in [0.4, 0.5) is 8.78 Å². The van der Waals surface area contributed by atoms with E-state index in [1.165, 1.54) is 24.3 Å². The summed E-state index contributed by atoms with van der Waals surface area (Å²) < 4.78 is 45.0. The van der Waals surface area contributed by atoms with E-state index in [2.05, 4.69) is 4.98 Å². The smallest absolute Gasteiger partial charge is 0.178 e. The first-order chi connectivity index (χ1) is 16.9. The lowest BCUT2D eigenvalue weighted by atomic mass is 10.1. The molecule has 35 heavy (non-hydrogen) atoms. The highest BCUT2D eigenvalue weighted by Crippen LogP contribution is 2.43. The van der Waals surface area contributed by atoms with Gasteiger partial charge in [-0.05, 0) is 48.1 Å². The molecular formula is C27H22F2N2O4. The molecule has 6 nitrogen and oxygen atoms in total. The lowest BCUT2D eigenvalue weighted by Gasteiger charge is -2.15. The topological polar surface area (TPSA) is 62.1 Å². The van der Waals surface area contributed by atoms with E-state index < -0.39 is 11.6 Å². The summed E-state index contributed by atoms with van der Waals surface area (Å²) in [6.07, 6.45) is 7.47. The third-order valence-corrected chi connectivity index (χ3v) is 5.30. The van der Waals surface area contributed by atoms with Crippen LogP contribution in [0.15, 0.2) is 66.9 Å². The van der Waals surface area contributed by atoms with Crippen molar-refractivity contribution in [2.24, 2.45) is 0 Å². The van der Waals surface area contributed by atoms with E-state index >= 15 is 0 Å². The van der Waals surface area contributed by atoms with Crippen molar-refractivity contribution < 1.29 is 27.8 Å². The van der Waals surface area contributed by atoms with Crippen molar-refractivity contribution in [3.63, 3.8) is 0 Å². The molecule has 0 spiro atoms. The molecule has 8 heteroatoms. The molecule has 2 heterocycles. The fraction of sp³-hybridized carbons (Fsp3) is 0.111. The standard InChI is InChI=1S/C27H22F2N2O4/c1-33-19-15-23(34-2)26(24(16-19)35-3)27-22(30-25-6-4-5-13-31(25)27)12-10-18(32)9-7-17-8-11-20(28)21(29)14-17/h4-16H,1-3H3/b9-7+,12-10+. The average molecular weight is 476 g/mol. The van der Waals surface area contributed by atoms with Crippen LogP contribution in [0, 0.1) is 11.6 Å². The quantitative estimate of drug-likeness (QED) is 0.310. The Hall–Kier alpha value is -4.46. The largest absolute Gasteiger partial charge is 0.496 e. The maximum atomic E-state index is 13.4. The summed E-state index contributed by atoms with van der Waals surface area (Å²) in [5.74, 6) is -0.710. The number of allylic oxidation sites excluding steroid dienone is 2. The highest BCUT2D eigenvalue weighted by atomic mass is 19.2. The van der Waals surface area contributed by atoms with Gasteiger partial charge in [-0.1, -0.05) is 18.2 Å². The molecule has 4 aromatic rings. The zero-order chi connectivity index (χ0) is 24.9. The van der Waals surface area contributed by atoms with Crippen molar-refractivity contribution in [2.45, 2.75) is 0 Å². The van der Waals surface area contributed by atoms with Crippen LogP contribution in [0.5, 0.6) is 17.2 Å². The molecule has 0 saturated carbocycles. The van der Waals surface area contributed by atoms with Crippen molar-refractivity contribution in [1.29, 1.82) is 0 Å². The van der Waals surface area contributed by atoms with E-state index in [0.717, 1.165) is 12.1 Å². The van der Waals surface area contributed by atoms with E-state index in [4.69, 9.17) is 14.2 Å². The molecule has 0 unspecified atom stereocenters. The summed E-state index contributed by atoms with van der Waals surface area (Å²) in [6, 6.07) is 12.5. The third-order valence-electron chi connectivity index (χ3n) is 5.30. The van der Waals surface area contributed by atoms with Crippen molar-refractivity contribution >= 4 is 23.6 Å². The Labute approximate surface area is 200 Å². The first-order valence-corrected chi connectivity index (χ1v) is 10.6. The molecule has 0 aliphatic rings.